The molecule has 0 saturated heterocycles. The summed E-state index contributed by atoms with van der Waals surface area (Å²) >= 11 is 0. The molecule has 0 fully saturated rings. The predicted molar refractivity (Wildman–Crippen MR) is 137 cm³/mol. The van der Waals surface area contributed by atoms with Gasteiger partial charge in [0.15, 0.2) is 0 Å². The summed E-state index contributed by atoms with van der Waals surface area (Å²) in [5.74, 6) is -0.777. The van der Waals surface area contributed by atoms with Crippen LogP contribution < -0.4 is 5.32 Å². The molecule has 0 heterocycles. The fourth-order valence-corrected chi connectivity index (χ4v) is 2.72. The van der Waals surface area contributed by atoms with Crippen molar-refractivity contribution < 1.29 is 47.5 Å². The van der Waals surface area contributed by atoms with Crippen LogP contribution in [0.4, 0.5) is 5.69 Å². The summed E-state index contributed by atoms with van der Waals surface area (Å²) in [5.41, 5.74) is 1.51. The number of rotatable bonds is 25. The minimum absolute atomic E-state index is 0.0742. The molecule has 0 radical (unpaired) electrons. The van der Waals surface area contributed by atoms with Crippen molar-refractivity contribution >= 4 is 17.6 Å². The smallest absolute Gasteiger partial charge is 0.338 e. The molecule has 0 aromatic heterocycles. The Morgan fingerprint density at radius 3 is 1.59 bits per heavy atom. The van der Waals surface area contributed by atoms with E-state index in [4.69, 9.17) is 33.2 Å². The van der Waals surface area contributed by atoms with Crippen LogP contribution in [0.25, 0.3) is 0 Å². The van der Waals surface area contributed by atoms with Crippen molar-refractivity contribution in [2.45, 2.75) is 19.8 Å². The van der Waals surface area contributed by atoms with Gasteiger partial charge < -0.3 is 43.2 Å². The van der Waals surface area contributed by atoms with Crippen LogP contribution in [0.15, 0.2) is 24.3 Å². The molecule has 0 unspecified atom stereocenters. The van der Waals surface area contributed by atoms with Crippen LogP contribution in [-0.2, 0) is 42.7 Å². The maximum atomic E-state index is 12.1. The Hall–Kier alpha value is -2.28. The topological polar surface area (TPSA) is 120 Å². The summed E-state index contributed by atoms with van der Waals surface area (Å²) in [6.45, 7) is 7.76. The van der Waals surface area contributed by atoms with Crippen molar-refractivity contribution in [3.63, 3.8) is 0 Å². The van der Waals surface area contributed by atoms with Gasteiger partial charge in [-0.2, -0.15) is 0 Å². The summed E-state index contributed by atoms with van der Waals surface area (Å²) in [6, 6.07) is 7.26. The summed E-state index contributed by atoms with van der Waals surface area (Å²) in [5, 5.41) is 3.31. The lowest BCUT2D eigenvalue weighted by molar-refractivity contribution is -0.146. The van der Waals surface area contributed by atoms with E-state index in [2.05, 4.69) is 17.0 Å². The molecule has 11 nitrogen and oxygen atoms in total. The van der Waals surface area contributed by atoms with Crippen molar-refractivity contribution in [2.75, 3.05) is 105 Å². The molecule has 1 rings (SSSR count). The molecule has 0 spiro atoms. The first-order chi connectivity index (χ1) is 18.2. The number of anilines is 1. The third-order valence-corrected chi connectivity index (χ3v) is 4.75. The normalized spacial score (nSPS) is 10.9. The van der Waals surface area contributed by atoms with E-state index >= 15 is 0 Å². The number of esters is 2. The zero-order chi connectivity index (χ0) is 26.8. The van der Waals surface area contributed by atoms with Gasteiger partial charge in [0.1, 0.15) is 13.2 Å². The number of ether oxygens (including phenoxy) is 8. The molecule has 0 atom stereocenters. The molecule has 1 aromatic carbocycles. The van der Waals surface area contributed by atoms with E-state index in [1.165, 1.54) is 7.11 Å². The van der Waals surface area contributed by atoms with Crippen LogP contribution in [0.3, 0.4) is 0 Å². The Morgan fingerprint density at radius 2 is 1.14 bits per heavy atom. The SMILES string of the molecule is CCCCNc1ccc(C(=O)OCCOCCOCCOCCOCCOCCOCC(=O)OC)cc1. The van der Waals surface area contributed by atoms with Gasteiger partial charge in [0.2, 0.25) is 0 Å². The molecule has 11 heteroatoms. The lowest BCUT2D eigenvalue weighted by atomic mass is 10.2. The maximum Gasteiger partial charge on any atom is 0.338 e. The quantitative estimate of drug-likeness (QED) is 0.148. The Bertz CT molecular complexity index is 686. The molecule has 1 aromatic rings. The van der Waals surface area contributed by atoms with Gasteiger partial charge in [0, 0.05) is 12.2 Å². The standard InChI is InChI=1S/C26H43NO10/c1-3-4-9-27-24-7-5-23(6-8-24)26(29)37-21-20-35-17-16-33-13-12-31-10-11-32-14-15-34-18-19-36-22-25(28)30-2/h5-8,27H,3-4,9-22H2,1-2H3. The van der Waals surface area contributed by atoms with E-state index in [1.54, 1.807) is 12.1 Å². The third-order valence-electron chi connectivity index (χ3n) is 4.75. The zero-order valence-electron chi connectivity index (χ0n) is 22.2. The lowest BCUT2D eigenvalue weighted by Gasteiger charge is -2.09. The zero-order valence-corrected chi connectivity index (χ0v) is 22.2. The first-order valence-corrected chi connectivity index (χ1v) is 12.7. The highest BCUT2D eigenvalue weighted by molar-refractivity contribution is 5.89. The fourth-order valence-electron chi connectivity index (χ4n) is 2.72. The molecule has 0 bridgehead atoms. The van der Waals surface area contributed by atoms with Gasteiger partial charge >= 0.3 is 11.9 Å². The van der Waals surface area contributed by atoms with Gasteiger partial charge in [-0.1, -0.05) is 13.3 Å². The van der Waals surface area contributed by atoms with Crippen molar-refractivity contribution in [2.24, 2.45) is 0 Å². The van der Waals surface area contributed by atoms with Crippen LogP contribution in [-0.4, -0.2) is 111 Å². The van der Waals surface area contributed by atoms with Gasteiger partial charge in [0.25, 0.3) is 0 Å². The largest absolute Gasteiger partial charge is 0.467 e. The molecule has 0 saturated carbocycles. The van der Waals surface area contributed by atoms with E-state index in [9.17, 15) is 9.59 Å². The van der Waals surface area contributed by atoms with Gasteiger partial charge in [-0.15, -0.1) is 0 Å². The van der Waals surface area contributed by atoms with Crippen molar-refractivity contribution in [1.82, 2.24) is 0 Å². The summed E-state index contributed by atoms with van der Waals surface area (Å²) in [7, 11) is 1.31. The van der Waals surface area contributed by atoms with Crippen molar-refractivity contribution in [3.8, 4) is 0 Å². The number of hydrogen-bond donors (Lipinski definition) is 1. The summed E-state index contributed by atoms with van der Waals surface area (Å²) in [6.07, 6.45) is 2.24. The maximum absolute atomic E-state index is 12.1. The number of methoxy groups -OCH3 is 1. The molecular formula is C26H43NO10. The number of unbranched alkanes of at least 4 members (excludes halogenated alkanes) is 1. The van der Waals surface area contributed by atoms with E-state index in [0.717, 1.165) is 25.1 Å². The second kappa shape index (κ2) is 24.1. The van der Waals surface area contributed by atoms with Crippen LogP contribution in [0.1, 0.15) is 30.1 Å². The average Bonchev–Trinajstić information content (AvgIpc) is 2.92. The van der Waals surface area contributed by atoms with Crippen LogP contribution >= 0.6 is 0 Å². The Kier molecular flexibility index (Phi) is 21.3. The number of benzene rings is 1. The monoisotopic (exact) mass is 529 g/mol. The fraction of sp³-hybridized carbons (Fsp3) is 0.692. The van der Waals surface area contributed by atoms with Crippen LogP contribution in [0, 0.1) is 0 Å². The highest BCUT2D eigenvalue weighted by Gasteiger charge is 2.06. The van der Waals surface area contributed by atoms with E-state index in [0.29, 0.717) is 78.2 Å². The lowest BCUT2D eigenvalue weighted by Crippen LogP contribution is -2.16. The third kappa shape index (κ3) is 19.5. The second-order valence-electron chi connectivity index (χ2n) is 7.68. The van der Waals surface area contributed by atoms with Gasteiger partial charge in [-0.25, -0.2) is 9.59 Å². The Morgan fingerprint density at radius 1 is 0.676 bits per heavy atom. The van der Waals surface area contributed by atoms with E-state index in [1.807, 2.05) is 12.1 Å². The highest BCUT2D eigenvalue weighted by atomic mass is 16.6. The first kappa shape index (κ1) is 32.7. The van der Waals surface area contributed by atoms with Crippen LogP contribution in [0.5, 0.6) is 0 Å². The summed E-state index contributed by atoms with van der Waals surface area (Å²) < 4.78 is 41.7. The molecule has 0 aliphatic heterocycles. The molecule has 0 aliphatic rings. The van der Waals surface area contributed by atoms with Crippen LogP contribution in [0.2, 0.25) is 0 Å². The van der Waals surface area contributed by atoms with E-state index in [-0.39, 0.29) is 19.2 Å². The predicted octanol–water partition coefficient (Wildman–Crippen LogP) is 2.33. The molecule has 37 heavy (non-hydrogen) atoms. The summed E-state index contributed by atoms with van der Waals surface area (Å²) in [4.78, 5) is 22.9. The number of carbonyl (C=O) groups excluding carboxylic acids is 2. The average molecular weight is 530 g/mol. The van der Waals surface area contributed by atoms with Crippen molar-refractivity contribution in [1.29, 1.82) is 0 Å². The molecule has 1 N–H and O–H groups in total. The second-order valence-corrected chi connectivity index (χ2v) is 7.68. The van der Waals surface area contributed by atoms with Gasteiger partial charge in [-0.3, -0.25) is 0 Å². The first-order valence-electron chi connectivity index (χ1n) is 12.7. The highest BCUT2D eigenvalue weighted by Crippen LogP contribution is 2.10. The molecular weight excluding hydrogens is 486 g/mol. The Labute approximate surface area is 220 Å². The minimum atomic E-state index is -0.411. The number of nitrogens with one attached hydrogen (secondary N) is 1. The van der Waals surface area contributed by atoms with E-state index < -0.39 is 5.97 Å². The Balaban J connectivity index is 1.81. The molecule has 0 amide bonds. The molecule has 0 aliphatic carbocycles. The number of carbonyl (C=O) groups is 2. The number of hydrogen-bond acceptors (Lipinski definition) is 11. The van der Waals surface area contributed by atoms with Gasteiger partial charge in [-0.05, 0) is 30.7 Å². The van der Waals surface area contributed by atoms with Crippen molar-refractivity contribution in [3.05, 3.63) is 29.8 Å². The minimum Gasteiger partial charge on any atom is -0.467 e. The van der Waals surface area contributed by atoms with Gasteiger partial charge in [0.05, 0.1) is 85.3 Å². The molecule has 212 valence electrons.